The van der Waals surface area contributed by atoms with Crippen LogP contribution in [-0.4, -0.2) is 9.97 Å². The largest absolute Gasteiger partial charge is 0.456 e. The molecule has 0 radical (unpaired) electrons. The highest BCUT2D eigenvalue weighted by molar-refractivity contribution is 6.16. The zero-order valence-electron chi connectivity index (χ0n) is 25.7. The molecular weight excluding hydrogens is 588 g/mol. The second-order valence-electron chi connectivity index (χ2n) is 12.2. The van der Waals surface area contributed by atoms with Gasteiger partial charge >= 0.3 is 0 Å². The van der Waals surface area contributed by atoms with Gasteiger partial charge in [-0.15, -0.1) is 0 Å². The van der Waals surface area contributed by atoms with Crippen LogP contribution in [0.3, 0.4) is 0 Å². The molecule has 3 aromatic heterocycles. The first-order valence-corrected chi connectivity index (χ1v) is 16.1. The number of nitrogens with zero attached hydrogens (tertiary/aromatic N) is 2. The van der Waals surface area contributed by atoms with Crippen molar-refractivity contribution in [2.75, 3.05) is 0 Å². The first kappa shape index (κ1) is 26.7. The Balaban J connectivity index is 1.30. The highest BCUT2D eigenvalue weighted by Gasteiger charge is 2.22. The number of hydrogen-bond donors (Lipinski definition) is 0. The fraction of sp³-hybridized carbons (Fsp3) is 0. The summed E-state index contributed by atoms with van der Waals surface area (Å²) < 4.78 is 12.6. The summed E-state index contributed by atoms with van der Waals surface area (Å²) in [6, 6.07) is 54.4. The molecule has 0 N–H and O–H groups in total. The molecule has 0 saturated heterocycles. The van der Waals surface area contributed by atoms with Gasteiger partial charge in [0.05, 0.1) is 11.4 Å². The predicted octanol–water partition coefficient (Wildman–Crippen LogP) is 12.1. The topological polar surface area (TPSA) is 52.1 Å². The summed E-state index contributed by atoms with van der Waals surface area (Å²) in [4.78, 5) is 10.7. The summed E-state index contributed by atoms with van der Waals surface area (Å²) in [7, 11) is 0. The molecule has 0 aliphatic rings. The number of fused-ring (bicyclic) bond motifs is 7. The second kappa shape index (κ2) is 10.5. The molecule has 48 heavy (non-hydrogen) atoms. The molecular formula is C44H26N2O2. The smallest absolute Gasteiger partial charge is 0.161 e. The van der Waals surface area contributed by atoms with Crippen LogP contribution in [0.2, 0.25) is 0 Å². The molecule has 0 atom stereocenters. The highest BCUT2D eigenvalue weighted by Crippen LogP contribution is 2.44. The zero-order valence-corrected chi connectivity index (χ0v) is 25.7. The van der Waals surface area contributed by atoms with Crippen LogP contribution in [0, 0.1) is 0 Å². The number of hydrogen-bond acceptors (Lipinski definition) is 4. The van der Waals surface area contributed by atoms with Gasteiger partial charge in [-0.2, -0.15) is 0 Å². The van der Waals surface area contributed by atoms with Crippen LogP contribution in [0.1, 0.15) is 0 Å². The molecule has 7 aromatic carbocycles. The van der Waals surface area contributed by atoms with Crippen molar-refractivity contribution in [2.24, 2.45) is 0 Å². The maximum absolute atomic E-state index is 6.43. The lowest BCUT2D eigenvalue weighted by Crippen LogP contribution is -1.98. The minimum atomic E-state index is 0.642. The SMILES string of the molecule is c1ccc(-c2cc(-c3ccc4ccccc4c3)nc(-c3c(-c4ccc5oc6ccccc6c5c4)ccc4oc5ccccc5c34)n2)cc1. The molecule has 224 valence electrons. The zero-order chi connectivity index (χ0) is 31.6. The molecule has 0 amide bonds. The van der Waals surface area contributed by atoms with Crippen molar-refractivity contribution >= 4 is 54.6 Å². The number of aromatic nitrogens is 2. The lowest BCUT2D eigenvalue weighted by Gasteiger charge is -2.14. The Morgan fingerprint density at radius 3 is 1.85 bits per heavy atom. The molecule has 10 rings (SSSR count). The summed E-state index contributed by atoms with van der Waals surface area (Å²) >= 11 is 0. The summed E-state index contributed by atoms with van der Waals surface area (Å²) in [5, 5.41) is 6.54. The summed E-state index contributed by atoms with van der Waals surface area (Å²) in [6.07, 6.45) is 0. The van der Waals surface area contributed by atoms with Crippen molar-refractivity contribution in [1.82, 2.24) is 9.97 Å². The highest BCUT2D eigenvalue weighted by atomic mass is 16.3. The van der Waals surface area contributed by atoms with Gasteiger partial charge in [0.2, 0.25) is 0 Å². The first-order valence-electron chi connectivity index (χ1n) is 16.1. The van der Waals surface area contributed by atoms with E-state index in [1.807, 2.05) is 42.5 Å². The van der Waals surface area contributed by atoms with Gasteiger partial charge in [-0.05, 0) is 70.4 Å². The van der Waals surface area contributed by atoms with E-state index >= 15 is 0 Å². The van der Waals surface area contributed by atoms with E-state index in [4.69, 9.17) is 18.8 Å². The lowest BCUT2D eigenvalue weighted by atomic mass is 9.93. The molecule has 0 fully saturated rings. The van der Waals surface area contributed by atoms with Gasteiger partial charge in [-0.1, -0.05) is 109 Å². The number of para-hydroxylation sites is 2. The normalized spacial score (nSPS) is 11.8. The third-order valence-electron chi connectivity index (χ3n) is 9.30. The summed E-state index contributed by atoms with van der Waals surface area (Å²) in [5.41, 5.74) is 10.1. The van der Waals surface area contributed by atoms with Gasteiger partial charge in [0.15, 0.2) is 5.82 Å². The van der Waals surface area contributed by atoms with Crippen molar-refractivity contribution < 1.29 is 8.83 Å². The monoisotopic (exact) mass is 614 g/mol. The molecule has 4 nitrogen and oxygen atoms in total. The van der Waals surface area contributed by atoms with Crippen LogP contribution in [0.25, 0.3) is 99.7 Å². The van der Waals surface area contributed by atoms with Crippen LogP contribution in [0.15, 0.2) is 167 Å². The Labute approximate surface area is 275 Å². The van der Waals surface area contributed by atoms with E-state index in [2.05, 4.69) is 115 Å². The maximum Gasteiger partial charge on any atom is 0.161 e. The van der Waals surface area contributed by atoms with Crippen molar-refractivity contribution in [3.63, 3.8) is 0 Å². The summed E-state index contributed by atoms with van der Waals surface area (Å²) in [5.74, 6) is 0.642. The van der Waals surface area contributed by atoms with E-state index in [1.54, 1.807) is 0 Å². The van der Waals surface area contributed by atoms with E-state index in [9.17, 15) is 0 Å². The van der Waals surface area contributed by atoms with E-state index in [-0.39, 0.29) is 0 Å². The average Bonchev–Trinajstić information content (AvgIpc) is 3.72. The van der Waals surface area contributed by atoms with E-state index in [0.29, 0.717) is 5.82 Å². The first-order chi connectivity index (χ1) is 23.8. The molecule has 4 heteroatoms. The van der Waals surface area contributed by atoms with Crippen molar-refractivity contribution in [3.8, 4) is 45.0 Å². The Morgan fingerprint density at radius 2 is 1.00 bits per heavy atom. The number of furan rings is 2. The van der Waals surface area contributed by atoms with Gasteiger partial charge in [0.1, 0.15) is 22.3 Å². The van der Waals surface area contributed by atoms with Gasteiger partial charge in [0.25, 0.3) is 0 Å². The number of rotatable bonds is 4. The van der Waals surface area contributed by atoms with Gasteiger partial charge in [0, 0.05) is 38.2 Å². The van der Waals surface area contributed by atoms with Crippen molar-refractivity contribution in [3.05, 3.63) is 158 Å². The van der Waals surface area contributed by atoms with E-state index in [0.717, 1.165) is 83.1 Å². The number of benzene rings is 7. The van der Waals surface area contributed by atoms with Crippen LogP contribution in [0.5, 0.6) is 0 Å². The Bertz CT molecular complexity index is 2850. The fourth-order valence-corrected chi connectivity index (χ4v) is 7.00. The molecule has 0 aliphatic carbocycles. The third kappa shape index (κ3) is 4.24. The molecule has 0 unspecified atom stereocenters. The predicted molar refractivity (Wildman–Crippen MR) is 196 cm³/mol. The summed E-state index contributed by atoms with van der Waals surface area (Å²) in [6.45, 7) is 0. The molecule has 0 spiro atoms. The van der Waals surface area contributed by atoms with Crippen molar-refractivity contribution in [2.45, 2.75) is 0 Å². The Morgan fingerprint density at radius 1 is 0.375 bits per heavy atom. The lowest BCUT2D eigenvalue weighted by molar-refractivity contribution is 0.668. The average molecular weight is 615 g/mol. The Hall–Kier alpha value is -6.52. The molecule has 0 saturated carbocycles. The van der Waals surface area contributed by atoms with E-state index < -0.39 is 0 Å². The standard InChI is InChI=1S/C44H26N2O2/c1-2-11-28(12-3-1)36-26-37(31-19-18-27-10-4-5-13-29(27)24-31)46-44(45-36)43-32(21-23-41-42(43)34-15-7-9-17-39(34)48-41)30-20-22-40-35(25-30)33-14-6-8-16-38(33)47-40/h1-26H. The second-order valence-corrected chi connectivity index (χ2v) is 12.2. The van der Waals surface area contributed by atoms with Crippen molar-refractivity contribution in [1.29, 1.82) is 0 Å². The van der Waals surface area contributed by atoms with Crippen LogP contribution in [-0.2, 0) is 0 Å². The van der Waals surface area contributed by atoms with Crippen LogP contribution in [0.4, 0.5) is 0 Å². The van der Waals surface area contributed by atoms with Crippen LogP contribution >= 0.6 is 0 Å². The van der Waals surface area contributed by atoms with Gasteiger partial charge in [-0.3, -0.25) is 0 Å². The van der Waals surface area contributed by atoms with E-state index in [1.165, 1.54) is 10.8 Å². The molecule has 3 heterocycles. The maximum atomic E-state index is 6.43. The van der Waals surface area contributed by atoms with Gasteiger partial charge in [-0.25, -0.2) is 9.97 Å². The minimum absolute atomic E-state index is 0.642. The van der Waals surface area contributed by atoms with Crippen LogP contribution < -0.4 is 0 Å². The fourth-order valence-electron chi connectivity index (χ4n) is 7.00. The molecule has 0 aliphatic heterocycles. The quantitative estimate of drug-likeness (QED) is 0.198. The molecule has 10 aromatic rings. The minimum Gasteiger partial charge on any atom is -0.456 e. The third-order valence-corrected chi connectivity index (χ3v) is 9.30. The van der Waals surface area contributed by atoms with Gasteiger partial charge < -0.3 is 8.83 Å². The Kier molecular flexibility index (Phi) is 5.84. The molecule has 0 bridgehead atoms.